The van der Waals surface area contributed by atoms with Gasteiger partial charge in [-0.25, -0.2) is 0 Å². The summed E-state index contributed by atoms with van der Waals surface area (Å²) < 4.78 is 30.1. The van der Waals surface area contributed by atoms with Crippen LogP contribution in [-0.2, 0) is 23.3 Å². The van der Waals surface area contributed by atoms with Gasteiger partial charge in [-0.15, -0.1) is 0 Å². The molecule has 0 N–H and O–H groups in total. The molecule has 0 spiro atoms. The van der Waals surface area contributed by atoms with E-state index in [0.717, 1.165) is 6.08 Å². The Labute approximate surface area is 79.3 Å². The molecule has 0 aliphatic heterocycles. The highest BCUT2D eigenvalue weighted by Gasteiger charge is 2.24. The van der Waals surface area contributed by atoms with Crippen molar-refractivity contribution in [3.05, 3.63) is 12.7 Å². The maximum Gasteiger partial charge on any atom is 0.321 e. The summed E-state index contributed by atoms with van der Waals surface area (Å²) in [5.74, 6) is 0. The highest BCUT2D eigenvalue weighted by molar-refractivity contribution is 8.67. The van der Waals surface area contributed by atoms with Crippen molar-refractivity contribution in [2.75, 3.05) is 0 Å². The Morgan fingerprint density at radius 1 is 1.58 bits per heavy atom. The van der Waals surface area contributed by atoms with Crippen molar-refractivity contribution < 1.29 is 21.6 Å². The predicted octanol–water partition coefficient (Wildman–Crippen LogP) is 0.511. The molecule has 0 rings (SSSR count). The van der Waals surface area contributed by atoms with Gasteiger partial charge in [-0.05, 0) is 6.08 Å². The lowest BCUT2D eigenvalue weighted by Gasteiger charge is -2.08. The van der Waals surface area contributed by atoms with Gasteiger partial charge in [0.05, 0.1) is 11.1 Å². The number of ether oxygens (including phenoxy) is 1. The Kier molecular flexibility index (Phi) is 5.38. The van der Waals surface area contributed by atoms with Gasteiger partial charge < -0.3 is 4.74 Å². The lowest BCUT2D eigenvalue weighted by molar-refractivity contribution is -0.129. The second kappa shape index (κ2) is 5.46. The summed E-state index contributed by atoms with van der Waals surface area (Å²) in [7, 11) is -3.97. The van der Waals surface area contributed by atoms with Gasteiger partial charge in [0.2, 0.25) is 5.44 Å². The van der Waals surface area contributed by atoms with Crippen LogP contribution in [0.5, 0.6) is 0 Å². The summed E-state index contributed by atoms with van der Waals surface area (Å²) in [6.45, 7) is 3.15. The minimum atomic E-state index is -3.97. The zero-order chi connectivity index (χ0) is 9.61. The van der Waals surface area contributed by atoms with E-state index >= 15 is 0 Å². The SMILES string of the molecule is C=CC(OC=O)S(=O)(=O)OSS. The van der Waals surface area contributed by atoms with Gasteiger partial charge in [-0.2, -0.15) is 12.0 Å². The monoisotopic (exact) mass is 230 g/mol. The molecule has 8 heteroatoms. The molecule has 0 aromatic carbocycles. The van der Waals surface area contributed by atoms with Gasteiger partial charge in [0, 0.05) is 0 Å². The van der Waals surface area contributed by atoms with E-state index in [1.165, 1.54) is 0 Å². The topological polar surface area (TPSA) is 69.7 Å². The van der Waals surface area contributed by atoms with Gasteiger partial charge >= 0.3 is 10.1 Å². The normalized spacial score (nSPS) is 13.4. The molecule has 0 fully saturated rings. The molecule has 0 aromatic rings. The molecule has 0 amide bonds. The summed E-state index contributed by atoms with van der Waals surface area (Å²) in [4.78, 5) is 9.81. The van der Waals surface area contributed by atoms with Crippen LogP contribution in [0.2, 0.25) is 0 Å². The molecule has 70 valence electrons. The molecule has 0 radical (unpaired) electrons. The van der Waals surface area contributed by atoms with Crippen LogP contribution < -0.4 is 0 Å². The van der Waals surface area contributed by atoms with E-state index in [1.54, 1.807) is 0 Å². The van der Waals surface area contributed by atoms with Crippen LogP contribution >= 0.6 is 22.7 Å². The minimum Gasteiger partial charge on any atom is -0.441 e. The summed E-state index contributed by atoms with van der Waals surface area (Å²) >= 11 is 3.79. The zero-order valence-electron chi connectivity index (χ0n) is 5.74. The summed E-state index contributed by atoms with van der Waals surface area (Å²) in [5, 5.41) is 0. The average molecular weight is 230 g/mol. The lowest BCUT2D eigenvalue weighted by atomic mass is 10.7. The smallest absolute Gasteiger partial charge is 0.321 e. The van der Waals surface area contributed by atoms with Crippen LogP contribution in [0.3, 0.4) is 0 Å². The Bertz CT molecular complexity index is 245. The second-order valence-electron chi connectivity index (χ2n) is 1.47. The third kappa shape index (κ3) is 3.48. The van der Waals surface area contributed by atoms with Crippen molar-refractivity contribution in [2.45, 2.75) is 5.44 Å². The van der Waals surface area contributed by atoms with E-state index in [0.29, 0.717) is 11.1 Å². The van der Waals surface area contributed by atoms with E-state index < -0.39 is 15.6 Å². The molecule has 0 aliphatic rings. The van der Waals surface area contributed by atoms with Gasteiger partial charge in [0.15, 0.2) is 0 Å². The second-order valence-corrected chi connectivity index (χ2v) is 4.06. The van der Waals surface area contributed by atoms with Crippen molar-refractivity contribution in [3.63, 3.8) is 0 Å². The molecule has 12 heavy (non-hydrogen) atoms. The Morgan fingerprint density at radius 3 is 2.50 bits per heavy atom. The first-order chi connectivity index (χ1) is 5.58. The number of carbonyl (C=O) groups excluding carboxylic acids is 1. The number of thiol groups is 1. The average Bonchev–Trinajstić information content (AvgIpc) is 1.99. The van der Waals surface area contributed by atoms with Crippen molar-refractivity contribution >= 4 is 39.3 Å². The Balaban J connectivity index is 4.47. The maximum atomic E-state index is 10.9. The fourth-order valence-corrected chi connectivity index (χ4v) is 2.21. The first kappa shape index (κ1) is 11.8. The van der Waals surface area contributed by atoms with Crippen LogP contribution in [0.4, 0.5) is 0 Å². The molecule has 0 saturated heterocycles. The molecule has 0 aliphatic carbocycles. The number of rotatable bonds is 6. The molecular weight excluding hydrogens is 224 g/mol. The molecule has 0 bridgehead atoms. The predicted molar refractivity (Wildman–Crippen MR) is 47.7 cm³/mol. The molecule has 1 unspecified atom stereocenters. The number of hydrogen-bond acceptors (Lipinski definition) is 7. The molecular formula is C4H6O5S3. The van der Waals surface area contributed by atoms with Crippen LogP contribution in [0.15, 0.2) is 12.7 Å². The third-order valence-corrected chi connectivity index (χ3v) is 3.21. The van der Waals surface area contributed by atoms with Gasteiger partial charge in [-0.3, -0.25) is 4.79 Å². The van der Waals surface area contributed by atoms with Crippen LogP contribution in [-0.4, -0.2) is 20.3 Å². The first-order valence-corrected chi connectivity index (χ1v) is 5.80. The van der Waals surface area contributed by atoms with Gasteiger partial charge in [-0.1, -0.05) is 18.2 Å². The highest BCUT2D eigenvalue weighted by atomic mass is 33.1. The largest absolute Gasteiger partial charge is 0.441 e. The Morgan fingerprint density at radius 2 is 2.17 bits per heavy atom. The Hall–Kier alpha value is -0.180. The van der Waals surface area contributed by atoms with Crippen molar-refractivity contribution in [2.24, 2.45) is 0 Å². The van der Waals surface area contributed by atoms with E-state index in [1.807, 2.05) is 0 Å². The summed E-state index contributed by atoms with van der Waals surface area (Å²) in [5.41, 5.74) is -1.49. The van der Waals surface area contributed by atoms with Crippen molar-refractivity contribution in [1.29, 1.82) is 0 Å². The molecule has 0 aromatic heterocycles. The van der Waals surface area contributed by atoms with Crippen LogP contribution in [0.25, 0.3) is 0 Å². The van der Waals surface area contributed by atoms with E-state index in [4.69, 9.17) is 0 Å². The highest BCUT2D eigenvalue weighted by Crippen LogP contribution is 2.17. The maximum absolute atomic E-state index is 10.9. The fourth-order valence-electron chi connectivity index (χ4n) is 0.377. The zero-order valence-corrected chi connectivity index (χ0v) is 8.27. The van der Waals surface area contributed by atoms with E-state index in [2.05, 4.69) is 26.6 Å². The number of hydrogen-bond donors (Lipinski definition) is 1. The summed E-state index contributed by atoms with van der Waals surface area (Å²) in [6.07, 6.45) is 0.924. The van der Waals surface area contributed by atoms with Crippen LogP contribution in [0, 0.1) is 0 Å². The van der Waals surface area contributed by atoms with E-state index in [9.17, 15) is 13.2 Å². The summed E-state index contributed by atoms with van der Waals surface area (Å²) in [6, 6.07) is 0. The fraction of sp³-hybridized carbons (Fsp3) is 0.250. The first-order valence-electron chi connectivity index (χ1n) is 2.53. The van der Waals surface area contributed by atoms with Gasteiger partial charge in [0.1, 0.15) is 0 Å². The third-order valence-electron chi connectivity index (χ3n) is 0.792. The minimum absolute atomic E-state index is 0.00353. The van der Waals surface area contributed by atoms with Crippen LogP contribution in [0.1, 0.15) is 0 Å². The van der Waals surface area contributed by atoms with Crippen molar-refractivity contribution in [1.82, 2.24) is 0 Å². The van der Waals surface area contributed by atoms with Gasteiger partial charge in [0.25, 0.3) is 6.47 Å². The number of carbonyl (C=O) groups is 1. The van der Waals surface area contributed by atoms with Crippen molar-refractivity contribution in [3.8, 4) is 0 Å². The molecule has 1 atom stereocenters. The quantitative estimate of drug-likeness (QED) is 0.236. The standard InChI is InChI=1S/C4H6O5S3/c1-2-4(8-3-5)12(6,7)9-11-10/h2-4,10H,1H2. The molecule has 5 nitrogen and oxygen atoms in total. The lowest BCUT2D eigenvalue weighted by Crippen LogP contribution is -2.21. The molecule has 0 saturated carbocycles. The molecule has 0 heterocycles. The van der Waals surface area contributed by atoms with E-state index in [-0.39, 0.29) is 6.47 Å².